The molecule has 25 heavy (non-hydrogen) atoms. The lowest BCUT2D eigenvalue weighted by Crippen LogP contribution is -2.38. The summed E-state index contributed by atoms with van der Waals surface area (Å²) in [5.41, 5.74) is 1.25. The summed E-state index contributed by atoms with van der Waals surface area (Å²) in [7, 11) is 1.79. The van der Waals surface area contributed by atoms with E-state index < -0.39 is 0 Å². The topological polar surface area (TPSA) is 54.9 Å². The third-order valence-corrected chi connectivity index (χ3v) is 3.94. The predicted molar refractivity (Wildman–Crippen MR) is 114 cm³/mol. The molecule has 0 aromatic heterocycles. The Balaban J connectivity index is 0.00000312. The molecule has 1 fully saturated rings. The Hall–Kier alpha value is -1.02. The van der Waals surface area contributed by atoms with Crippen LogP contribution in [0.2, 0.25) is 0 Å². The first kappa shape index (κ1) is 22.0. The Kier molecular flexibility index (Phi) is 11.6. The number of hydrogen-bond acceptors (Lipinski definition) is 3. The van der Waals surface area contributed by atoms with Crippen molar-refractivity contribution in [3.8, 4) is 5.75 Å². The second-order valence-electron chi connectivity index (χ2n) is 6.31. The molecular weight excluding hydrogens is 429 g/mol. The molecule has 0 spiro atoms. The first-order valence-corrected chi connectivity index (χ1v) is 8.99. The van der Waals surface area contributed by atoms with Gasteiger partial charge >= 0.3 is 0 Å². The average Bonchev–Trinajstić information content (AvgIpc) is 3.41. The van der Waals surface area contributed by atoms with E-state index in [4.69, 9.17) is 9.47 Å². The van der Waals surface area contributed by atoms with Gasteiger partial charge in [0.25, 0.3) is 0 Å². The standard InChI is InChI=1S/C19H31N3O2.HI/c1-16-5-9-18(10-6-16)24-14-4-12-22-19(20-2)21-11-3-13-23-15-17-7-8-17;/h5-6,9-10,17H,3-4,7-8,11-15H2,1-2H3,(H2,20,21,22);1H. The maximum absolute atomic E-state index is 5.71. The van der Waals surface area contributed by atoms with Crippen LogP contribution in [0.3, 0.4) is 0 Å². The van der Waals surface area contributed by atoms with Gasteiger partial charge in [-0.15, -0.1) is 24.0 Å². The van der Waals surface area contributed by atoms with E-state index in [0.717, 1.165) is 56.8 Å². The fourth-order valence-electron chi connectivity index (χ4n) is 2.24. The van der Waals surface area contributed by atoms with Crippen molar-refractivity contribution in [2.24, 2.45) is 10.9 Å². The average molecular weight is 461 g/mol. The van der Waals surface area contributed by atoms with Crippen LogP contribution in [-0.2, 0) is 4.74 Å². The summed E-state index contributed by atoms with van der Waals surface area (Å²) in [5, 5.41) is 6.61. The summed E-state index contributed by atoms with van der Waals surface area (Å²) in [4.78, 5) is 4.22. The second kappa shape index (κ2) is 13.2. The number of nitrogens with one attached hydrogen (secondary N) is 2. The van der Waals surface area contributed by atoms with Crippen molar-refractivity contribution in [1.82, 2.24) is 10.6 Å². The van der Waals surface area contributed by atoms with Crippen LogP contribution in [0.15, 0.2) is 29.3 Å². The minimum atomic E-state index is 0. The number of ether oxygens (including phenoxy) is 2. The normalized spacial score (nSPS) is 13.9. The summed E-state index contributed by atoms with van der Waals surface area (Å²) in [5.74, 6) is 2.61. The molecule has 142 valence electrons. The van der Waals surface area contributed by atoms with E-state index in [1.165, 1.54) is 18.4 Å². The number of benzene rings is 1. The number of nitrogens with zero attached hydrogens (tertiary/aromatic N) is 1. The third kappa shape index (κ3) is 10.5. The smallest absolute Gasteiger partial charge is 0.190 e. The van der Waals surface area contributed by atoms with Gasteiger partial charge in [0, 0.05) is 33.4 Å². The molecule has 1 aliphatic carbocycles. The lowest BCUT2D eigenvalue weighted by molar-refractivity contribution is 0.123. The Morgan fingerprint density at radius 2 is 1.72 bits per heavy atom. The van der Waals surface area contributed by atoms with Crippen molar-refractivity contribution in [3.63, 3.8) is 0 Å². The van der Waals surface area contributed by atoms with Crippen LogP contribution in [0.1, 0.15) is 31.2 Å². The second-order valence-corrected chi connectivity index (χ2v) is 6.31. The number of guanidine groups is 1. The first-order chi connectivity index (χ1) is 11.8. The highest BCUT2D eigenvalue weighted by molar-refractivity contribution is 14.0. The fourth-order valence-corrected chi connectivity index (χ4v) is 2.24. The van der Waals surface area contributed by atoms with Crippen molar-refractivity contribution in [2.45, 2.75) is 32.6 Å². The van der Waals surface area contributed by atoms with Crippen molar-refractivity contribution < 1.29 is 9.47 Å². The Morgan fingerprint density at radius 3 is 2.32 bits per heavy atom. The number of aliphatic imine (C=N–C) groups is 1. The molecule has 0 heterocycles. The minimum Gasteiger partial charge on any atom is -0.494 e. The molecule has 2 N–H and O–H groups in total. The number of aryl methyl sites for hydroxylation is 1. The molecule has 6 heteroatoms. The SMILES string of the molecule is CN=C(NCCCOCC1CC1)NCCCOc1ccc(C)cc1.I. The summed E-state index contributed by atoms with van der Waals surface area (Å²) in [6.45, 7) is 6.25. The van der Waals surface area contributed by atoms with Crippen LogP contribution in [0.25, 0.3) is 0 Å². The van der Waals surface area contributed by atoms with Gasteiger partial charge in [0.1, 0.15) is 5.75 Å². The van der Waals surface area contributed by atoms with E-state index in [0.29, 0.717) is 6.61 Å². The molecule has 0 atom stereocenters. The quantitative estimate of drug-likeness (QED) is 0.230. The lowest BCUT2D eigenvalue weighted by atomic mass is 10.2. The van der Waals surface area contributed by atoms with Crippen LogP contribution in [-0.4, -0.2) is 45.9 Å². The molecule has 0 radical (unpaired) electrons. The summed E-state index contributed by atoms with van der Waals surface area (Å²) < 4.78 is 11.3. The number of hydrogen-bond donors (Lipinski definition) is 2. The molecule has 1 aliphatic rings. The van der Waals surface area contributed by atoms with E-state index in [1.807, 2.05) is 12.1 Å². The van der Waals surface area contributed by atoms with E-state index >= 15 is 0 Å². The van der Waals surface area contributed by atoms with Gasteiger partial charge in [-0.3, -0.25) is 4.99 Å². The molecule has 0 saturated heterocycles. The van der Waals surface area contributed by atoms with E-state index in [-0.39, 0.29) is 24.0 Å². The van der Waals surface area contributed by atoms with E-state index in [1.54, 1.807) is 7.05 Å². The maximum Gasteiger partial charge on any atom is 0.190 e. The van der Waals surface area contributed by atoms with Crippen LogP contribution in [0, 0.1) is 12.8 Å². The van der Waals surface area contributed by atoms with Gasteiger partial charge in [-0.05, 0) is 50.7 Å². The largest absolute Gasteiger partial charge is 0.494 e. The highest BCUT2D eigenvalue weighted by Gasteiger charge is 2.20. The zero-order valence-corrected chi connectivity index (χ0v) is 17.8. The van der Waals surface area contributed by atoms with Gasteiger partial charge in [0.2, 0.25) is 0 Å². The Bertz CT molecular complexity index is 490. The highest BCUT2D eigenvalue weighted by Crippen LogP contribution is 2.28. The molecule has 0 bridgehead atoms. The molecule has 0 unspecified atom stereocenters. The molecular formula is C19H32IN3O2. The van der Waals surface area contributed by atoms with Gasteiger partial charge in [-0.1, -0.05) is 17.7 Å². The van der Waals surface area contributed by atoms with Crippen molar-refractivity contribution >= 4 is 29.9 Å². The van der Waals surface area contributed by atoms with Gasteiger partial charge in [-0.25, -0.2) is 0 Å². The molecule has 1 saturated carbocycles. The monoisotopic (exact) mass is 461 g/mol. The number of rotatable bonds is 11. The number of halogens is 1. The van der Waals surface area contributed by atoms with Crippen LogP contribution in [0.5, 0.6) is 5.75 Å². The molecule has 5 nitrogen and oxygen atoms in total. The van der Waals surface area contributed by atoms with Crippen LogP contribution < -0.4 is 15.4 Å². The van der Waals surface area contributed by atoms with Crippen molar-refractivity contribution in [1.29, 1.82) is 0 Å². The molecule has 0 aliphatic heterocycles. The van der Waals surface area contributed by atoms with Crippen LogP contribution >= 0.6 is 24.0 Å². The zero-order valence-electron chi connectivity index (χ0n) is 15.4. The third-order valence-electron chi connectivity index (χ3n) is 3.94. The van der Waals surface area contributed by atoms with E-state index in [9.17, 15) is 0 Å². The Morgan fingerprint density at radius 1 is 1.08 bits per heavy atom. The van der Waals surface area contributed by atoms with Gasteiger partial charge in [0.05, 0.1) is 6.61 Å². The Labute approximate surface area is 169 Å². The fraction of sp³-hybridized carbons (Fsp3) is 0.632. The van der Waals surface area contributed by atoms with Crippen LogP contribution in [0.4, 0.5) is 0 Å². The molecule has 2 rings (SSSR count). The van der Waals surface area contributed by atoms with Gasteiger partial charge < -0.3 is 20.1 Å². The van der Waals surface area contributed by atoms with Crippen molar-refractivity contribution in [2.75, 3.05) is 40.0 Å². The zero-order chi connectivity index (χ0) is 17.0. The highest BCUT2D eigenvalue weighted by atomic mass is 127. The molecule has 0 amide bonds. The summed E-state index contributed by atoms with van der Waals surface area (Å²) in [6, 6.07) is 8.14. The minimum absolute atomic E-state index is 0. The summed E-state index contributed by atoms with van der Waals surface area (Å²) in [6.07, 6.45) is 4.63. The predicted octanol–water partition coefficient (Wildman–Crippen LogP) is 3.36. The summed E-state index contributed by atoms with van der Waals surface area (Å²) >= 11 is 0. The van der Waals surface area contributed by atoms with E-state index in [2.05, 4.69) is 34.7 Å². The first-order valence-electron chi connectivity index (χ1n) is 8.99. The maximum atomic E-state index is 5.71. The van der Waals surface area contributed by atoms with Crippen molar-refractivity contribution in [3.05, 3.63) is 29.8 Å². The lowest BCUT2D eigenvalue weighted by Gasteiger charge is -2.12. The molecule has 1 aromatic rings. The molecule has 1 aromatic carbocycles. The van der Waals surface area contributed by atoms with Gasteiger partial charge in [0.15, 0.2) is 5.96 Å². The van der Waals surface area contributed by atoms with Gasteiger partial charge in [-0.2, -0.15) is 0 Å².